The molecule has 0 aromatic heterocycles. The summed E-state index contributed by atoms with van der Waals surface area (Å²) in [7, 11) is 0. The van der Waals surface area contributed by atoms with Gasteiger partial charge >= 0.3 is 0 Å². The van der Waals surface area contributed by atoms with Gasteiger partial charge in [0.25, 0.3) is 0 Å². The van der Waals surface area contributed by atoms with E-state index >= 15 is 0 Å². The van der Waals surface area contributed by atoms with Crippen molar-refractivity contribution in [3.05, 3.63) is 47.2 Å². The summed E-state index contributed by atoms with van der Waals surface area (Å²) in [6, 6.07) is 8.45. The average Bonchev–Trinajstić information content (AvgIpc) is 2.24. The second-order valence-electron chi connectivity index (χ2n) is 2.62. The fraction of sp³-hybridized carbons (Fsp3) is 0.167. The molecule has 74 valence electrons. The van der Waals surface area contributed by atoms with Crippen LogP contribution in [0, 0.1) is 0 Å². The molecule has 0 atom stereocenters. The monoisotopic (exact) mass is 222 g/mol. The van der Waals surface area contributed by atoms with E-state index in [0.717, 1.165) is 0 Å². The predicted octanol–water partition coefficient (Wildman–Crippen LogP) is 4.94. The van der Waals surface area contributed by atoms with E-state index < -0.39 is 0 Å². The first kappa shape index (κ1) is 11.5. The van der Waals surface area contributed by atoms with E-state index in [1.807, 2.05) is 13.8 Å². The maximum Gasteiger partial charge on any atom is 0.0255 e. The number of allylic oxidation sites excluding steroid dienone is 2. The van der Waals surface area contributed by atoms with E-state index in [4.69, 9.17) is 0 Å². The van der Waals surface area contributed by atoms with Crippen molar-refractivity contribution >= 4 is 23.5 Å². The molecule has 1 aromatic carbocycles. The van der Waals surface area contributed by atoms with Gasteiger partial charge in [-0.1, -0.05) is 47.8 Å². The first-order chi connectivity index (χ1) is 6.88. The second-order valence-corrected chi connectivity index (χ2v) is 4.52. The summed E-state index contributed by atoms with van der Waals surface area (Å²) in [6.07, 6.45) is 4.11. The fourth-order valence-corrected chi connectivity index (χ4v) is 2.46. The SMILES string of the molecule is C/C=C/Sc1ccccc1S/C=C/C. The fourth-order valence-electron chi connectivity index (χ4n) is 0.928. The van der Waals surface area contributed by atoms with Crippen LogP contribution >= 0.6 is 23.5 Å². The average molecular weight is 222 g/mol. The van der Waals surface area contributed by atoms with Crippen LogP contribution in [-0.4, -0.2) is 0 Å². The molecular formula is C12H14S2. The van der Waals surface area contributed by atoms with Gasteiger partial charge in [0, 0.05) is 9.79 Å². The van der Waals surface area contributed by atoms with E-state index in [-0.39, 0.29) is 0 Å². The summed E-state index contributed by atoms with van der Waals surface area (Å²) in [6.45, 7) is 4.07. The third-order valence-electron chi connectivity index (χ3n) is 1.51. The van der Waals surface area contributed by atoms with Gasteiger partial charge in [-0.15, -0.1) is 0 Å². The van der Waals surface area contributed by atoms with Crippen LogP contribution in [0.2, 0.25) is 0 Å². The molecule has 0 bridgehead atoms. The predicted molar refractivity (Wildman–Crippen MR) is 67.8 cm³/mol. The van der Waals surface area contributed by atoms with Crippen molar-refractivity contribution in [2.24, 2.45) is 0 Å². The Labute approximate surface area is 94.5 Å². The molecule has 0 saturated carbocycles. The maximum absolute atomic E-state index is 2.15. The minimum Gasteiger partial charge on any atom is -0.0972 e. The molecule has 0 heterocycles. The zero-order chi connectivity index (χ0) is 10.2. The Balaban J connectivity index is 2.79. The summed E-state index contributed by atoms with van der Waals surface area (Å²) in [5.74, 6) is 0. The lowest BCUT2D eigenvalue weighted by atomic mass is 10.4. The van der Waals surface area contributed by atoms with Crippen molar-refractivity contribution in [2.75, 3.05) is 0 Å². The smallest absolute Gasteiger partial charge is 0.0255 e. The summed E-state index contributed by atoms with van der Waals surface area (Å²) in [4.78, 5) is 2.63. The molecule has 0 saturated heterocycles. The lowest BCUT2D eigenvalue weighted by Crippen LogP contribution is -1.73. The lowest BCUT2D eigenvalue weighted by molar-refractivity contribution is 1.26. The van der Waals surface area contributed by atoms with E-state index in [0.29, 0.717) is 0 Å². The summed E-state index contributed by atoms with van der Waals surface area (Å²) in [5, 5.41) is 4.21. The quantitative estimate of drug-likeness (QED) is 0.662. The molecule has 2 heteroatoms. The highest BCUT2D eigenvalue weighted by Gasteiger charge is 1.98. The molecule has 0 radical (unpaired) electrons. The van der Waals surface area contributed by atoms with Crippen molar-refractivity contribution < 1.29 is 0 Å². The van der Waals surface area contributed by atoms with Crippen LogP contribution in [0.15, 0.2) is 57.0 Å². The molecule has 0 spiro atoms. The van der Waals surface area contributed by atoms with Crippen molar-refractivity contribution in [3.8, 4) is 0 Å². The van der Waals surface area contributed by atoms with Gasteiger partial charge in [0.15, 0.2) is 0 Å². The Bertz CT molecular complexity index is 294. The minimum absolute atomic E-state index is 1.31. The van der Waals surface area contributed by atoms with Crippen LogP contribution in [0.4, 0.5) is 0 Å². The molecular weight excluding hydrogens is 208 g/mol. The van der Waals surface area contributed by atoms with Gasteiger partial charge in [-0.3, -0.25) is 0 Å². The summed E-state index contributed by atoms with van der Waals surface area (Å²) < 4.78 is 0. The lowest BCUT2D eigenvalue weighted by Gasteiger charge is -2.02. The third-order valence-corrected chi connectivity index (χ3v) is 3.68. The largest absolute Gasteiger partial charge is 0.0972 e. The first-order valence-corrected chi connectivity index (χ1v) is 6.29. The second kappa shape index (κ2) is 6.80. The van der Waals surface area contributed by atoms with E-state index in [1.54, 1.807) is 23.5 Å². The normalized spacial score (nSPS) is 11.6. The molecule has 0 aliphatic heterocycles. The maximum atomic E-state index is 2.15. The Morgan fingerprint density at radius 1 is 0.857 bits per heavy atom. The van der Waals surface area contributed by atoms with E-state index in [1.165, 1.54) is 9.79 Å². The molecule has 0 amide bonds. The number of rotatable bonds is 4. The molecule has 0 N–H and O–H groups in total. The van der Waals surface area contributed by atoms with Crippen molar-refractivity contribution in [2.45, 2.75) is 23.6 Å². The van der Waals surface area contributed by atoms with Crippen LogP contribution in [-0.2, 0) is 0 Å². The number of thioether (sulfide) groups is 2. The van der Waals surface area contributed by atoms with Crippen molar-refractivity contribution in [3.63, 3.8) is 0 Å². The van der Waals surface area contributed by atoms with Gasteiger partial charge < -0.3 is 0 Å². The summed E-state index contributed by atoms with van der Waals surface area (Å²) in [5.41, 5.74) is 0. The number of hydrogen-bond donors (Lipinski definition) is 0. The van der Waals surface area contributed by atoms with Gasteiger partial charge in [-0.25, -0.2) is 0 Å². The third kappa shape index (κ3) is 3.64. The van der Waals surface area contributed by atoms with Gasteiger partial charge in [0.1, 0.15) is 0 Å². The Hall–Kier alpha value is -0.600. The Morgan fingerprint density at radius 3 is 1.64 bits per heavy atom. The topological polar surface area (TPSA) is 0 Å². The van der Waals surface area contributed by atoms with Crippen LogP contribution in [0.3, 0.4) is 0 Å². The highest BCUT2D eigenvalue weighted by atomic mass is 32.2. The van der Waals surface area contributed by atoms with Gasteiger partial charge in [-0.05, 0) is 36.8 Å². The molecule has 0 nitrogen and oxygen atoms in total. The molecule has 0 aliphatic carbocycles. The molecule has 0 aliphatic rings. The Morgan fingerprint density at radius 2 is 1.29 bits per heavy atom. The zero-order valence-corrected chi connectivity index (χ0v) is 10.1. The Kier molecular flexibility index (Phi) is 5.57. The van der Waals surface area contributed by atoms with Crippen LogP contribution < -0.4 is 0 Å². The minimum atomic E-state index is 1.31. The summed E-state index contributed by atoms with van der Waals surface area (Å²) >= 11 is 3.52. The highest BCUT2D eigenvalue weighted by molar-refractivity contribution is 8.05. The van der Waals surface area contributed by atoms with Crippen molar-refractivity contribution in [1.29, 1.82) is 0 Å². The molecule has 1 rings (SSSR count). The molecule has 0 unspecified atom stereocenters. The molecule has 0 fully saturated rings. The standard InChI is InChI=1S/C12H14S2/c1-3-9-13-11-7-5-6-8-12(11)14-10-4-2/h3-10H,1-2H3/b9-3+,10-4+. The van der Waals surface area contributed by atoms with Crippen LogP contribution in [0.5, 0.6) is 0 Å². The van der Waals surface area contributed by atoms with Crippen LogP contribution in [0.1, 0.15) is 13.8 Å². The van der Waals surface area contributed by atoms with E-state index in [2.05, 4.69) is 47.2 Å². The molecule has 14 heavy (non-hydrogen) atoms. The van der Waals surface area contributed by atoms with Gasteiger partial charge in [0.05, 0.1) is 0 Å². The zero-order valence-electron chi connectivity index (χ0n) is 8.44. The molecule has 1 aromatic rings. The highest BCUT2D eigenvalue weighted by Crippen LogP contribution is 2.31. The van der Waals surface area contributed by atoms with Crippen LogP contribution in [0.25, 0.3) is 0 Å². The van der Waals surface area contributed by atoms with E-state index in [9.17, 15) is 0 Å². The number of benzene rings is 1. The van der Waals surface area contributed by atoms with Crippen molar-refractivity contribution in [1.82, 2.24) is 0 Å². The van der Waals surface area contributed by atoms with Gasteiger partial charge in [-0.2, -0.15) is 0 Å². The number of hydrogen-bond acceptors (Lipinski definition) is 2. The first-order valence-electron chi connectivity index (χ1n) is 4.53. The van der Waals surface area contributed by atoms with Gasteiger partial charge in [0.2, 0.25) is 0 Å².